The molecule has 1 fully saturated rings. The predicted octanol–water partition coefficient (Wildman–Crippen LogP) is 1.44. The summed E-state index contributed by atoms with van der Waals surface area (Å²) < 4.78 is 0. The fourth-order valence-electron chi connectivity index (χ4n) is 2.68. The van der Waals surface area contributed by atoms with Gasteiger partial charge in [-0.3, -0.25) is 14.4 Å². The van der Waals surface area contributed by atoms with E-state index >= 15 is 0 Å². The monoisotopic (exact) mass is 330 g/mol. The fourth-order valence-corrected chi connectivity index (χ4v) is 3.47. The average molecular weight is 330 g/mol. The van der Waals surface area contributed by atoms with E-state index in [0.29, 0.717) is 25.3 Å². The number of nitrogens with zero attached hydrogens (tertiary/aromatic N) is 2. The third kappa shape index (κ3) is 6.25. The van der Waals surface area contributed by atoms with Gasteiger partial charge in [0.25, 0.3) is 0 Å². The molecular formula is C15H26N2O4S. The molecule has 0 aromatic heterocycles. The van der Waals surface area contributed by atoms with E-state index in [4.69, 9.17) is 5.11 Å². The minimum Gasteiger partial charge on any atom is -0.480 e. The highest BCUT2D eigenvalue weighted by Crippen LogP contribution is 2.18. The van der Waals surface area contributed by atoms with Gasteiger partial charge in [0.2, 0.25) is 11.8 Å². The van der Waals surface area contributed by atoms with Crippen molar-refractivity contribution < 1.29 is 19.5 Å². The number of amides is 2. The lowest BCUT2D eigenvalue weighted by molar-refractivity contribution is -0.145. The zero-order chi connectivity index (χ0) is 16.5. The Kier molecular flexibility index (Phi) is 8.30. The van der Waals surface area contributed by atoms with Gasteiger partial charge >= 0.3 is 5.97 Å². The molecule has 0 aliphatic carbocycles. The maximum Gasteiger partial charge on any atom is 0.323 e. The molecule has 1 unspecified atom stereocenters. The van der Waals surface area contributed by atoms with Crippen molar-refractivity contribution in [3.05, 3.63) is 0 Å². The summed E-state index contributed by atoms with van der Waals surface area (Å²) in [5, 5.41) is 8.93. The predicted molar refractivity (Wildman–Crippen MR) is 86.9 cm³/mol. The molecule has 0 spiro atoms. The summed E-state index contributed by atoms with van der Waals surface area (Å²) in [6.07, 6.45) is 3.26. The number of thioether (sulfide) groups is 1. The first-order chi connectivity index (χ1) is 10.5. The Bertz CT molecular complexity index is 403. The number of carboxylic acid groups (broad SMARTS) is 1. The smallest absolute Gasteiger partial charge is 0.323 e. The number of carbonyl (C=O) groups is 3. The van der Waals surface area contributed by atoms with Gasteiger partial charge < -0.3 is 14.9 Å². The Hall–Kier alpha value is -1.24. The van der Waals surface area contributed by atoms with Crippen molar-refractivity contribution in [3.63, 3.8) is 0 Å². The van der Waals surface area contributed by atoms with Crippen molar-refractivity contribution in [3.8, 4) is 0 Å². The second-order valence-electron chi connectivity index (χ2n) is 5.56. The quantitative estimate of drug-likeness (QED) is 0.715. The van der Waals surface area contributed by atoms with E-state index in [0.717, 1.165) is 25.0 Å². The molecule has 1 heterocycles. The van der Waals surface area contributed by atoms with Gasteiger partial charge in [0.1, 0.15) is 6.54 Å². The number of likely N-dealkylation sites (tertiary alicyclic amines) is 1. The molecule has 0 saturated carbocycles. The second-order valence-corrected chi connectivity index (χ2v) is 6.66. The van der Waals surface area contributed by atoms with Crippen LogP contribution in [0.3, 0.4) is 0 Å². The summed E-state index contributed by atoms with van der Waals surface area (Å²) in [6.45, 7) is 4.52. The van der Waals surface area contributed by atoms with Crippen LogP contribution < -0.4 is 0 Å². The van der Waals surface area contributed by atoms with Gasteiger partial charge in [-0.1, -0.05) is 6.92 Å². The standard InChI is InChI=1S/C15H26N2O4S/c1-3-9-22-11-14(19)16-7-4-5-13(6-8-16)17(12(2)18)10-15(20)21/h13H,3-11H2,1-2H3,(H,20,21). The Morgan fingerprint density at radius 1 is 1.27 bits per heavy atom. The van der Waals surface area contributed by atoms with Gasteiger partial charge in [0.15, 0.2) is 0 Å². The average Bonchev–Trinajstić information content (AvgIpc) is 2.70. The van der Waals surface area contributed by atoms with Crippen LogP contribution in [0.25, 0.3) is 0 Å². The largest absolute Gasteiger partial charge is 0.480 e. The molecule has 0 aromatic carbocycles. The maximum absolute atomic E-state index is 12.1. The van der Waals surface area contributed by atoms with Gasteiger partial charge in [0, 0.05) is 26.1 Å². The molecule has 1 aliphatic heterocycles. The van der Waals surface area contributed by atoms with Crippen LogP contribution in [0.15, 0.2) is 0 Å². The third-order valence-corrected chi connectivity index (χ3v) is 4.92. The Labute approximate surface area is 136 Å². The molecule has 7 heteroatoms. The molecule has 1 saturated heterocycles. The molecule has 0 aromatic rings. The van der Waals surface area contributed by atoms with Crippen LogP contribution in [0.1, 0.15) is 39.5 Å². The van der Waals surface area contributed by atoms with E-state index < -0.39 is 5.97 Å². The second kappa shape index (κ2) is 9.71. The van der Waals surface area contributed by atoms with Crippen molar-refractivity contribution in [2.75, 3.05) is 31.1 Å². The van der Waals surface area contributed by atoms with Crippen molar-refractivity contribution in [1.29, 1.82) is 0 Å². The molecule has 0 radical (unpaired) electrons. The summed E-state index contributed by atoms with van der Waals surface area (Å²) in [5.41, 5.74) is 0. The van der Waals surface area contributed by atoms with Crippen molar-refractivity contribution >= 4 is 29.5 Å². The Balaban J connectivity index is 2.54. The number of rotatable bonds is 7. The summed E-state index contributed by atoms with van der Waals surface area (Å²) in [6, 6.07) is -0.0882. The molecule has 126 valence electrons. The summed E-state index contributed by atoms with van der Waals surface area (Å²) >= 11 is 1.65. The molecule has 22 heavy (non-hydrogen) atoms. The number of hydrogen-bond acceptors (Lipinski definition) is 4. The van der Waals surface area contributed by atoms with Crippen molar-refractivity contribution in [2.24, 2.45) is 0 Å². The lowest BCUT2D eigenvalue weighted by Gasteiger charge is -2.28. The van der Waals surface area contributed by atoms with E-state index in [9.17, 15) is 14.4 Å². The zero-order valence-corrected chi connectivity index (χ0v) is 14.2. The number of carbonyl (C=O) groups excluding carboxylic acids is 2. The highest BCUT2D eigenvalue weighted by Gasteiger charge is 2.27. The first-order valence-corrected chi connectivity index (χ1v) is 8.95. The van der Waals surface area contributed by atoms with Gasteiger partial charge in [-0.15, -0.1) is 0 Å². The molecule has 2 amide bonds. The molecular weight excluding hydrogens is 304 g/mol. The topological polar surface area (TPSA) is 77.9 Å². The molecule has 1 atom stereocenters. The van der Waals surface area contributed by atoms with Crippen LogP contribution >= 0.6 is 11.8 Å². The first-order valence-electron chi connectivity index (χ1n) is 7.80. The van der Waals surface area contributed by atoms with E-state index in [1.54, 1.807) is 11.8 Å². The Morgan fingerprint density at radius 2 is 2.00 bits per heavy atom. The fraction of sp³-hybridized carbons (Fsp3) is 0.800. The van der Waals surface area contributed by atoms with Crippen LogP contribution in [0.2, 0.25) is 0 Å². The van der Waals surface area contributed by atoms with Crippen LogP contribution in [0.5, 0.6) is 0 Å². The normalized spacial score (nSPS) is 18.6. The SMILES string of the molecule is CCCSCC(=O)N1CCCC(N(CC(=O)O)C(C)=O)CC1. The van der Waals surface area contributed by atoms with E-state index in [1.165, 1.54) is 11.8 Å². The van der Waals surface area contributed by atoms with Crippen molar-refractivity contribution in [1.82, 2.24) is 9.80 Å². The number of hydrogen-bond donors (Lipinski definition) is 1. The summed E-state index contributed by atoms with van der Waals surface area (Å²) in [5.74, 6) is 0.420. The van der Waals surface area contributed by atoms with Gasteiger partial charge in [-0.2, -0.15) is 11.8 Å². The molecule has 1 aliphatic rings. The lowest BCUT2D eigenvalue weighted by atomic mass is 10.1. The first kappa shape index (κ1) is 18.8. The van der Waals surface area contributed by atoms with E-state index in [1.807, 2.05) is 4.90 Å². The highest BCUT2D eigenvalue weighted by atomic mass is 32.2. The molecule has 0 bridgehead atoms. The molecule has 6 nitrogen and oxygen atoms in total. The molecule has 1 rings (SSSR count). The minimum absolute atomic E-state index is 0.0882. The lowest BCUT2D eigenvalue weighted by Crippen LogP contribution is -2.43. The van der Waals surface area contributed by atoms with Crippen LogP contribution in [-0.2, 0) is 14.4 Å². The van der Waals surface area contributed by atoms with E-state index in [-0.39, 0.29) is 24.4 Å². The van der Waals surface area contributed by atoms with Gasteiger partial charge in [-0.05, 0) is 31.4 Å². The zero-order valence-electron chi connectivity index (χ0n) is 13.4. The summed E-state index contributed by atoms with van der Waals surface area (Å²) in [7, 11) is 0. The molecule has 1 N–H and O–H groups in total. The number of aliphatic carboxylic acids is 1. The number of carboxylic acids is 1. The van der Waals surface area contributed by atoms with E-state index in [2.05, 4.69) is 6.92 Å². The van der Waals surface area contributed by atoms with Crippen molar-refractivity contribution in [2.45, 2.75) is 45.6 Å². The van der Waals surface area contributed by atoms with Gasteiger partial charge in [-0.25, -0.2) is 0 Å². The minimum atomic E-state index is -0.997. The van der Waals surface area contributed by atoms with Crippen LogP contribution in [0, 0.1) is 0 Å². The highest BCUT2D eigenvalue weighted by molar-refractivity contribution is 7.99. The van der Waals surface area contributed by atoms with Gasteiger partial charge in [0.05, 0.1) is 5.75 Å². The maximum atomic E-state index is 12.1. The summed E-state index contributed by atoms with van der Waals surface area (Å²) in [4.78, 5) is 38.0. The third-order valence-electron chi connectivity index (χ3n) is 3.78. The van der Waals surface area contributed by atoms with Crippen LogP contribution in [-0.4, -0.2) is 69.9 Å². The van der Waals surface area contributed by atoms with Crippen LogP contribution in [0.4, 0.5) is 0 Å². The Morgan fingerprint density at radius 3 is 2.59 bits per heavy atom.